The summed E-state index contributed by atoms with van der Waals surface area (Å²) >= 11 is 0. The summed E-state index contributed by atoms with van der Waals surface area (Å²) in [5.41, 5.74) is 2.10. The number of rotatable bonds is 1. The predicted molar refractivity (Wildman–Crippen MR) is 71.5 cm³/mol. The van der Waals surface area contributed by atoms with Crippen molar-refractivity contribution in [3.05, 3.63) is 29.8 Å². The average molecular weight is 243 g/mol. The zero-order chi connectivity index (χ0) is 12.4. The summed E-state index contributed by atoms with van der Waals surface area (Å²) in [5.74, 6) is -0.0261. The molecule has 0 aliphatic carbocycles. The van der Waals surface area contributed by atoms with Crippen LogP contribution in [-0.4, -0.2) is 30.2 Å². The molecule has 0 radical (unpaired) electrons. The molecule has 2 heterocycles. The Hall–Kier alpha value is -1.68. The third-order valence-electron chi connectivity index (χ3n) is 3.51. The molecular formula is C14H17N3O. The maximum atomic E-state index is 12.2. The third-order valence-corrected chi connectivity index (χ3v) is 3.51. The number of carbonyl (C=O) groups excluding carboxylic acids is 1. The SMILES string of the molecule is O=C1C=NCc2ccccc2N1N1CCCCC1. The average Bonchev–Trinajstić information content (AvgIpc) is 2.58. The van der Waals surface area contributed by atoms with E-state index < -0.39 is 0 Å². The van der Waals surface area contributed by atoms with E-state index in [0.29, 0.717) is 6.54 Å². The zero-order valence-corrected chi connectivity index (χ0v) is 10.4. The molecule has 1 saturated heterocycles. The van der Waals surface area contributed by atoms with Gasteiger partial charge in [-0.2, -0.15) is 0 Å². The van der Waals surface area contributed by atoms with Gasteiger partial charge in [0.2, 0.25) is 0 Å². The number of amides is 1. The Kier molecular flexibility index (Phi) is 3.11. The van der Waals surface area contributed by atoms with Crippen LogP contribution in [0.15, 0.2) is 29.3 Å². The molecule has 4 heteroatoms. The molecule has 1 aromatic carbocycles. The zero-order valence-electron chi connectivity index (χ0n) is 10.4. The molecule has 4 nitrogen and oxygen atoms in total. The van der Waals surface area contributed by atoms with Crippen LogP contribution in [0.4, 0.5) is 5.69 Å². The maximum Gasteiger partial charge on any atom is 0.283 e. The molecule has 0 unspecified atom stereocenters. The summed E-state index contributed by atoms with van der Waals surface area (Å²) in [6.07, 6.45) is 5.02. The van der Waals surface area contributed by atoms with Crippen molar-refractivity contribution in [2.75, 3.05) is 18.1 Å². The molecule has 0 saturated carbocycles. The van der Waals surface area contributed by atoms with E-state index in [1.54, 1.807) is 0 Å². The number of nitrogens with zero attached hydrogens (tertiary/aromatic N) is 3. The molecular weight excluding hydrogens is 226 g/mol. The lowest BCUT2D eigenvalue weighted by atomic mass is 10.1. The first-order valence-electron chi connectivity index (χ1n) is 6.53. The molecule has 3 rings (SSSR count). The highest BCUT2D eigenvalue weighted by atomic mass is 16.2. The van der Waals surface area contributed by atoms with Gasteiger partial charge in [0.15, 0.2) is 0 Å². The van der Waals surface area contributed by atoms with Gasteiger partial charge in [0, 0.05) is 13.1 Å². The smallest absolute Gasteiger partial charge is 0.283 e. The molecule has 0 N–H and O–H groups in total. The van der Waals surface area contributed by atoms with E-state index in [9.17, 15) is 4.79 Å². The molecule has 2 aliphatic heterocycles. The van der Waals surface area contributed by atoms with Crippen LogP contribution in [-0.2, 0) is 11.3 Å². The molecule has 0 bridgehead atoms. The van der Waals surface area contributed by atoms with E-state index in [1.807, 2.05) is 29.3 Å². The highest BCUT2D eigenvalue weighted by molar-refractivity contribution is 6.32. The van der Waals surface area contributed by atoms with Crippen LogP contribution in [0.5, 0.6) is 0 Å². The van der Waals surface area contributed by atoms with Crippen LogP contribution in [0.25, 0.3) is 0 Å². The molecule has 0 aromatic heterocycles. The molecule has 18 heavy (non-hydrogen) atoms. The lowest BCUT2D eigenvalue weighted by Gasteiger charge is -2.36. The second kappa shape index (κ2) is 4.90. The van der Waals surface area contributed by atoms with Crippen molar-refractivity contribution in [1.29, 1.82) is 0 Å². The summed E-state index contributed by atoms with van der Waals surface area (Å²) in [6, 6.07) is 8.03. The van der Waals surface area contributed by atoms with Gasteiger partial charge in [-0.15, -0.1) is 0 Å². The van der Waals surface area contributed by atoms with Gasteiger partial charge in [-0.3, -0.25) is 9.79 Å². The van der Waals surface area contributed by atoms with Crippen LogP contribution in [0.3, 0.4) is 0 Å². The van der Waals surface area contributed by atoms with Gasteiger partial charge in [-0.05, 0) is 24.5 Å². The van der Waals surface area contributed by atoms with E-state index in [4.69, 9.17) is 0 Å². The van der Waals surface area contributed by atoms with Crippen molar-refractivity contribution in [2.24, 2.45) is 4.99 Å². The van der Waals surface area contributed by atoms with E-state index in [0.717, 1.165) is 37.2 Å². The number of hydrazine groups is 1. The monoisotopic (exact) mass is 243 g/mol. The number of piperidine rings is 1. The number of aliphatic imine (C=N–C) groups is 1. The number of carbonyl (C=O) groups is 1. The van der Waals surface area contributed by atoms with Crippen molar-refractivity contribution in [3.63, 3.8) is 0 Å². The van der Waals surface area contributed by atoms with Gasteiger partial charge < -0.3 is 0 Å². The van der Waals surface area contributed by atoms with E-state index >= 15 is 0 Å². The number of hydrogen-bond acceptors (Lipinski definition) is 3. The Morgan fingerprint density at radius 1 is 1.06 bits per heavy atom. The Morgan fingerprint density at radius 2 is 1.83 bits per heavy atom. The normalized spacial score (nSPS) is 20.7. The molecule has 1 fully saturated rings. The van der Waals surface area contributed by atoms with Crippen molar-refractivity contribution < 1.29 is 4.79 Å². The molecule has 0 spiro atoms. The predicted octanol–water partition coefficient (Wildman–Crippen LogP) is 2.00. The number of hydrogen-bond donors (Lipinski definition) is 0. The molecule has 94 valence electrons. The van der Waals surface area contributed by atoms with Crippen molar-refractivity contribution >= 4 is 17.8 Å². The second-order valence-electron chi connectivity index (χ2n) is 4.76. The lowest BCUT2D eigenvalue weighted by molar-refractivity contribution is -0.115. The number of benzene rings is 1. The number of fused-ring (bicyclic) bond motifs is 1. The highest BCUT2D eigenvalue weighted by Gasteiger charge is 2.26. The highest BCUT2D eigenvalue weighted by Crippen LogP contribution is 2.26. The van der Waals surface area contributed by atoms with Gasteiger partial charge in [0.05, 0.1) is 18.4 Å². The van der Waals surface area contributed by atoms with Crippen LogP contribution < -0.4 is 5.01 Å². The maximum absolute atomic E-state index is 12.2. The Bertz CT molecular complexity index is 478. The standard InChI is InChI=1S/C14H17N3O/c18-14-11-15-10-12-6-2-3-7-13(12)17(14)16-8-4-1-5-9-16/h2-3,6-7,11H,1,4-5,8-10H2. The van der Waals surface area contributed by atoms with Gasteiger partial charge in [0.1, 0.15) is 0 Å². The van der Waals surface area contributed by atoms with Crippen molar-refractivity contribution in [1.82, 2.24) is 5.01 Å². The van der Waals surface area contributed by atoms with Gasteiger partial charge in [0.25, 0.3) is 5.91 Å². The molecule has 1 aromatic rings. The first-order chi connectivity index (χ1) is 8.86. The summed E-state index contributed by atoms with van der Waals surface area (Å²) in [4.78, 5) is 16.4. The fraction of sp³-hybridized carbons (Fsp3) is 0.429. The Morgan fingerprint density at radius 3 is 2.67 bits per heavy atom. The minimum Gasteiger partial charge on any atom is -0.283 e. The van der Waals surface area contributed by atoms with Crippen LogP contribution in [0.2, 0.25) is 0 Å². The van der Waals surface area contributed by atoms with Crippen LogP contribution in [0, 0.1) is 0 Å². The summed E-state index contributed by atoms with van der Waals surface area (Å²) < 4.78 is 0. The first kappa shape index (κ1) is 11.4. The Balaban J connectivity index is 1.99. The lowest BCUT2D eigenvalue weighted by Crippen LogP contribution is -2.49. The van der Waals surface area contributed by atoms with Gasteiger partial charge in [-0.25, -0.2) is 10.0 Å². The molecule has 1 amide bonds. The van der Waals surface area contributed by atoms with Crippen molar-refractivity contribution in [3.8, 4) is 0 Å². The largest absolute Gasteiger partial charge is 0.283 e. The number of anilines is 1. The minimum atomic E-state index is -0.0261. The van der Waals surface area contributed by atoms with E-state index in [2.05, 4.69) is 10.0 Å². The van der Waals surface area contributed by atoms with E-state index in [-0.39, 0.29) is 5.91 Å². The molecule has 2 aliphatic rings. The summed E-state index contributed by atoms with van der Waals surface area (Å²) in [6.45, 7) is 2.49. The van der Waals surface area contributed by atoms with E-state index in [1.165, 1.54) is 12.6 Å². The summed E-state index contributed by atoms with van der Waals surface area (Å²) in [5, 5.41) is 3.97. The third kappa shape index (κ3) is 2.04. The van der Waals surface area contributed by atoms with Gasteiger partial charge >= 0.3 is 0 Å². The van der Waals surface area contributed by atoms with Crippen molar-refractivity contribution in [2.45, 2.75) is 25.8 Å². The number of para-hydroxylation sites is 1. The Labute approximate surface area is 107 Å². The quantitative estimate of drug-likeness (QED) is 0.756. The fourth-order valence-corrected chi connectivity index (χ4v) is 2.62. The second-order valence-corrected chi connectivity index (χ2v) is 4.76. The van der Waals surface area contributed by atoms with Gasteiger partial charge in [-0.1, -0.05) is 24.6 Å². The fourth-order valence-electron chi connectivity index (χ4n) is 2.62. The molecule has 0 atom stereocenters. The topological polar surface area (TPSA) is 35.9 Å². The minimum absolute atomic E-state index is 0.0261. The first-order valence-corrected chi connectivity index (χ1v) is 6.53. The van der Waals surface area contributed by atoms with Crippen LogP contribution in [0.1, 0.15) is 24.8 Å². The summed E-state index contributed by atoms with van der Waals surface area (Å²) in [7, 11) is 0. The van der Waals surface area contributed by atoms with Crippen LogP contribution >= 0.6 is 0 Å².